The molecule has 0 atom stereocenters. The predicted octanol–water partition coefficient (Wildman–Crippen LogP) is 10.2. The highest BCUT2D eigenvalue weighted by Crippen LogP contribution is 2.56. The molecular weight excluding hydrogens is 611 g/mol. The van der Waals surface area contributed by atoms with Crippen LogP contribution in [0.1, 0.15) is 22.3 Å². The Morgan fingerprint density at radius 3 is 1.52 bits per heavy atom. The summed E-state index contributed by atoms with van der Waals surface area (Å²) >= 11 is 0. The Bertz CT molecular complexity index is 2990. The Kier molecular flexibility index (Phi) is 4.86. The number of hydrogen-bond donors (Lipinski definition) is 0. The summed E-state index contributed by atoms with van der Waals surface area (Å²) in [5.41, 5.74) is 17.1. The summed E-state index contributed by atoms with van der Waals surface area (Å²) in [4.78, 5) is 10.3. The molecule has 11 aromatic rings. The molecule has 0 bridgehead atoms. The molecule has 0 unspecified atom stereocenters. The molecule has 4 aromatic heterocycles. The Hall–Kier alpha value is -6.72. The van der Waals surface area contributed by atoms with Crippen molar-refractivity contribution in [3.8, 4) is 22.3 Å². The molecule has 0 N–H and O–H groups in total. The number of imidazole rings is 4. The van der Waals surface area contributed by atoms with Crippen molar-refractivity contribution >= 4 is 50.2 Å². The number of fused-ring (bicyclic) bond motifs is 13. The third kappa shape index (κ3) is 3.09. The molecular formula is C45H27N5. The fraction of sp³-hybridized carbons (Fsp3) is 0.0222. The Labute approximate surface area is 286 Å². The third-order valence-corrected chi connectivity index (χ3v) is 11.1. The van der Waals surface area contributed by atoms with Crippen LogP contribution in [0.15, 0.2) is 164 Å². The van der Waals surface area contributed by atoms with Gasteiger partial charge in [-0.25, -0.2) is 14.4 Å². The minimum absolute atomic E-state index is 0.462. The molecule has 7 aromatic carbocycles. The smallest absolute Gasteiger partial charge is 0.223 e. The van der Waals surface area contributed by atoms with Gasteiger partial charge in [0.25, 0.3) is 0 Å². The van der Waals surface area contributed by atoms with Gasteiger partial charge in [-0.2, -0.15) is 0 Å². The summed E-state index contributed by atoms with van der Waals surface area (Å²) in [6.45, 7) is 0. The number of hydrogen-bond acceptors (Lipinski definition) is 2. The second-order valence-corrected chi connectivity index (χ2v) is 13.5. The van der Waals surface area contributed by atoms with Gasteiger partial charge in [-0.05, 0) is 87.0 Å². The predicted molar refractivity (Wildman–Crippen MR) is 201 cm³/mol. The highest BCUT2D eigenvalue weighted by molar-refractivity contribution is 6.06. The molecule has 5 nitrogen and oxygen atoms in total. The molecule has 232 valence electrons. The van der Waals surface area contributed by atoms with E-state index >= 15 is 0 Å². The number of para-hydroxylation sites is 4. The van der Waals surface area contributed by atoms with Crippen molar-refractivity contribution in [1.29, 1.82) is 0 Å². The summed E-state index contributed by atoms with van der Waals surface area (Å²) in [6, 6.07) is 59.6. The largest absolute Gasteiger partial charge is 0.276 e. The summed E-state index contributed by atoms with van der Waals surface area (Å²) in [7, 11) is 0. The van der Waals surface area contributed by atoms with Crippen LogP contribution in [-0.2, 0) is 5.41 Å². The first-order valence-electron chi connectivity index (χ1n) is 17.1. The standard InChI is InChI=1S/C45H27N5/c1-3-13-30(14-4-1)45(31-15-5-2-6-16-31)34-18-8-7-17-32(34)33-24-23-28(25-35(33)45)29-26-40-42-41(27-29)49-39-22-12-10-20-37(39)47-44(49)50(42)43-46-36-19-9-11-21-38(36)48(40)43/h1-27H. The number of aromatic nitrogens is 5. The van der Waals surface area contributed by atoms with Crippen molar-refractivity contribution in [3.63, 3.8) is 0 Å². The first-order chi connectivity index (χ1) is 24.8. The normalized spacial score (nSPS) is 13.8. The van der Waals surface area contributed by atoms with Crippen LogP contribution in [0.2, 0.25) is 0 Å². The van der Waals surface area contributed by atoms with Crippen LogP contribution < -0.4 is 0 Å². The van der Waals surface area contributed by atoms with Gasteiger partial charge < -0.3 is 0 Å². The van der Waals surface area contributed by atoms with Gasteiger partial charge >= 0.3 is 0 Å². The zero-order valence-electron chi connectivity index (χ0n) is 26.8. The minimum atomic E-state index is -0.462. The Balaban J connectivity index is 1.21. The van der Waals surface area contributed by atoms with Crippen LogP contribution in [0.4, 0.5) is 0 Å². The average Bonchev–Trinajstić information content (AvgIpc) is 3.96. The maximum absolute atomic E-state index is 5.16. The highest BCUT2D eigenvalue weighted by atomic mass is 15.3. The Morgan fingerprint density at radius 2 is 0.900 bits per heavy atom. The molecule has 4 heterocycles. The molecule has 0 fully saturated rings. The molecule has 5 heteroatoms. The van der Waals surface area contributed by atoms with Gasteiger partial charge in [-0.1, -0.05) is 121 Å². The molecule has 12 rings (SSSR count). The number of nitrogens with zero attached hydrogens (tertiary/aromatic N) is 5. The van der Waals surface area contributed by atoms with Crippen molar-refractivity contribution in [1.82, 2.24) is 23.2 Å². The van der Waals surface area contributed by atoms with Crippen molar-refractivity contribution in [2.75, 3.05) is 0 Å². The zero-order chi connectivity index (χ0) is 32.6. The summed E-state index contributed by atoms with van der Waals surface area (Å²) in [6.07, 6.45) is 0. The minimum Gasteiger partial charge on any atom is -0.276 e. The van der Waals surface area contributed by atoms with E-state index in [2.05, 4.69) is 177 Å². The van der Waals surface area contributed by atoms with E-state index in [1.807, 2.05) is 0 Å². The van der Waals surface area contributed by atoms with E-state index < -0.39 is 5.41 Å². The van der Waals surface area contributed by atoms with Crippen LogP contribution in [0.25, 0.3) is 72.4 Å². The fourth-order valence-corrected chi connectivity index (χ4v) is 9.06. The first-order valence-corrected chi connectivity index (χ1v) is 17.1. The summed E-state index contributed by atoms with van der Waals surface area (Å²) < 4.78 is 6.85. The van der Waals surface area contributed by atoms with Crippen LogP contribution in [0.5, 0.6) is 0 Å². The lowest BCUT2D eigenvalue weighted by atomic mass is 9.67. The first kappa shape index (κ1) is 26.3. The van der Waals surface area contributed by atoms with Crippen LogP contribution in [-0.4, -0.2) is 23.2 Å². The van der Waals surface area contributed by atoms with E-state index in [0.717, 1.165) is 55.7 Å². The molecule has 0 saturated carbocycles. The van der Waals surface area contributed by atoms with Crippen molar-refractivity contribution < 1.29 is 0 Å². The van der Waals surface area contributed by atoms with E-state index in [0.29, 0.717) is 0 Å². The lowest BCUT2D eigenvalue weighted by Crippen LogP contribution is -2.28. The van der Waals surface area contributed by atoms with Gasteiger partial charge in [0.2, 0.25) is 11.6 Å². The molecule has 1 aliphatic carbocycles. The van der Waals surface area contributed by atoms with Crippen LogP contribution >= 0.6 is 0 Å². The maximum atomic E-state index is 5.16. The second-order valence-electron chi connectivity index (χ2n) is 13.5. The van der Waals surface area contributed by atoms with Gasteiger partial charge in [0, 0.05) is 0 Å². The zero-order valence-corrected chi connectivity index (χ0v) is 26.8. The SMILES string of the molecule is c1ccc(C2(c3ccccc3)c3ccccc3-c3ccc(-c4cc5c6c(c4)n4c7ccccc7nc4n6c4nc6ccccc6n54)cc32)cc1. The summed E-state index contributed by atoms with van der Waals surface area (Å²) in [5, 5.41) is 0. The van der Waals surface area contributed by atoms with Crippen molar-refractivity contribution in [2.45, 2.75) is 5.41 Å². The van der Waals surface area contributed by atoms with Gasteiger partial charge in [-0.15, -0.1) is 0 Å². The van der Waals surface area contributed by atoms with Gasteiger partial charge in [0.15, 0.2) is 0 Å². The Morgan fingerprint density at radius 1 is 0.380 bits per heavy atom. The number of benzene rings is 7. The monoisotopic (exact) mass is 637 g/mol. The molecule has 0 amide bonds. The molecule has 50 heavy (non-hydrogen) atoms. The third-order valence-electron chi connectivity index (χ3n) is 11.1. The van der Waals surface area contributed by atoms with Gasteiger partial charge in [0.1, 0.15) is 5.52 Å². The van der Waals surface area contributed by atoms with Crippen LogP contribution in [0.3, 0.4) is 0 Å². The van der Waals surface area contributed by atoms with Crippen molar-refractivity contribution in [3.05, 3.63) is 186 Å². The quantitative estimate of drug-likeness (QED) is 0.193. The average molecular weight is 638 g/mol. The molecule has 0 spiro atoms. The van der Waals surface area contributed by atoms with Gasteiger partial charge in [0.05, 0.1) is 38.5 Å². The highest BCUT2D eigenvalue weighted by Gasteiger charge is 2.46. The van der Waals surface area contributed by atoms with Crippen LogP contribution in [0, 0.1) is 0 Å². The molecule has 0 radical (unpaired) electrons. The molecule has 1 aliphatic rings. The van der Waals surface area contributed by atoms with Crippen molar-refractivity contribution in [2.24, 2.45) is 0 Å². The van der Waals surface area contributed by atoms with E-state index in [1.54, 1.807) is 0 Å². The fourth-order valence-electron chi connectivity index (χ4n) is 9.06. The second kappa shape index (κ2) is 9.24. The maximum Gasteiger partial charge on any atom is 0.223 e. The lowest BCUT2D eigenvalue weighted by Gasteiger charge is -2.34. The van der Waals surface area contributed by atoms with E-state index in [-0.39, 0.29) is 0 Å². The van der Waals surface area contributed by atoms with E-state index in [9.17, 15) is 0 Å². The van der Waals surface area contributed by atoms with Gasteiger partial charge in [-0.3, -0.25) is 8.80 Å². The van der Waals surface area contributed by atoms with E-state index in [1.165, 1.54) is 38.9 Å². The lowest BCUT2D eigenvalue weighted by molar-refractivity contribution is 0.769. The number of rotatable bonds is 3. The van der Waals surface area contributed by atoms with E-state index in [4.69, 9.17) is 9.97 Å². The summed E-state index contributed by atoms with van der Waals surface area (Å²) in [5.74, 6) is 1.76. The topological polar surface area (TPSA) is 39.0 Å². The molecule has 0 aliphatic heterocycles. The molecule has 0 saturated heterocycles.